The van der Waals surface area contributed by atoms with Crippen molar-refractivity contribution < 1.29 is 14.7 Å². The summed E-state index contributed by atoms with van der Waals surface area (Å²) in [5, 5.41) is 14.1. The number of aromatic carboxylic acids is 1. The first-order valence-corrected chi connectivity index (χ1v) is 9.91. The van der Waals surface area contributed by atoms with Crippen LogP contribution in [-0.4, -0.2) is 38.8 Å². The fraction of sp³-hybridized carbons (Fsp3) is 0.0588. The van der Waals surface area contributed by atoms with E-state index in [1.165, 1.54) is 36.1 Å². The zero-order valence-corrected chi connectivity index (χ0v) is 19.9. The summed E-state index contributed by atoms with van der Waals surface area (Å²) >= 11 is 18.9. The Balaban J connectivity index is 0.00000300. The van der Waals surface area contributed by atoms with Crippen LogP contribution in [0, 0.1) is 0 Å². The van der Waals surface area contributed by atoms with Crippen molar-refractivity contribution in [2.45, 2.75) is 0 Å². The van der Waals surface area contributed by atoms with Crippen LogP contribution < -0.4 is 4.90 Å². The standard InChI is InChI=1S/C17H10Br2Cl2N4O3.ClH/c1-24(14-9(17(27)28)5-8(18)6-11(14)21)16(26)12-7-13(19)23-25(12)15-10(20)3-2-4-22-15;/h2-7H,1H3,(H,27,28);1H. The molecule has 0 aliphatic rings. The Morgan fingerprint density at radius 1 is 1.17 bits per heavy atom. The molecular formula is C17H11Br2Cl3N4O3. The van der Waals surface area contributed by atoms with Crippen molar-refractivity contribution in [3.05, 3.63) is 66.9 Å². The summed E-state index contributed by atoms with van der Waals surface area (Å²) in [6.45, 7) is 0. The molecular weight excluding hydrogens is 574 g/mol. The molecule has 0 fully saturated rings. The molecule has 0 aliphatic heterocycles. The van der Waals surface area contributed by atoms with Gasteiger partial charge in [0.25, 0.3) is 5.91 Å². The molecule has 152 valence electrons. The summed E-state index contributed by atoms with van der Waals surface area (Å²) in [7, 11) is 1.43. The molecule has 1 N–H and O–H groups in total. The summed E-state index contributed by atoms with van der Waals surface area (Å²) in [4.78, 5) is 30.2. The van der Waals surface area contributed by atoms with E-state index < -0.39 is 11.9 Å². The van der Waals surface area contributed by atoms with E-state index in [0.717, 1.165) is 4.90 Å². The maximum atomic E-state index is 13.2. The van der Waals surface area contributed by atoms with Gasteiger partial charge in [0.1, 0.15) is 10.3 Å². The summed E-state index contributed by atoms with van der Waals surface area (Å²) in [5.41, 5.74) is 0.0416. The molecule has 2 aromatic heterocycles. The molecule has 0 atom stereocenters. The van der Waals surface area contributed by atoms with Crippen LogP contribution in [0.15, 0.2) is 45.6 Å². The lowest BCUT2D eigenvalue weighted by atomic mass is 10.1. The lowest BCUT2D eigenvalue weighted by molar-refractivity contribution is 0.0697. The number of carbonyl (C=O) groups is 2. The Morgan fingerprint density at radius 3 is 2.48 bits per heavy atom. The van der Waals surface area contributed by atoms with Gasteiger partial charge in [-0.3, -0.25) is 4.79 Å². The minimum Gasteiger partial charge on any atom is -0.478 e. The van der Waals surface area contributed by atoms with Gasteiger partial charge in [0.15, 0.2) is 5.82 Å². The van der Waals surface area contributed by atoms with Crippen molar-refractivity contribution in [3.63, 3.8) is 0 Å². The highest BCUT2D eigenvalue weighted by molar-refractivity contribution is 9.10. The molecule has 0 bridgehead atoms. The van der Waals surface area contributed by atoms with Gasteiger partial charge in [-0.1, -0.05) is 39.1 Å². The Labute approximate surface area is 198 Å². The van der Waals surface area contributed by atoms with E-state index >= 15 is 0 Å². The van der Waals surface area contributed by atoms with E-state index in [1.54, 1.807) is 12.1 Å². The van der Waals surface area contributed by atoms with Crippen LogP contribution in [0.4, 0.5) is 5.69 Å². The molecule has 0 aliphatic carbocycles. The average Bonchev–Trinajstić information content (AvgIpc) is 3.01. The average molecular weight is 585 g/mol. The predicted molar refractivity (Wildman–Crippen MR) is 120 cm³/mol. The summed E-state index contributed by atoms with van der Waals surface area (Å²) in [6, 6.07) is 7.63. The van der Waals surface area contributed by atoms with E-state index in [4.69, 9.17) is 23.2 Å². The van der Waals surface area contributed by atoms with E-state index in [9.17, 15) is 14.7 Å². The molecule has 2 heterocycles. The number of carbonyl (C=O) groups excluding carboxylic acids is 1. The second-order valence-electron chi connectivity index (χ2n) is 5.53. The van der Waals surface area contributed by atoms with E-state index in [1.807, 2.05) is 0 Å². The molecule has 0 spiro atoms. The number of rotatable bonds is 4. The van der Waals surface area contributed by atoms with Crippen LogP contribution in [0.25, 0.3) is 5.82 Å². The van der Waals surface area contributed by atoms with Crippen molar-refractivity contribution in [3.8, 4) is 5.82 Å². The number of pyridine rings is 1. The zero-order valence-electron chi connectivity index (χ0n) is 14.4. The highest BCUT2D eigenvalue weighted by Gasteiger charge is 2.27. The minimum absolute atomic E-state index is 0. The van der Waals surface area contributed by atoms with Crippen molar-refractivity contribution in [2.75, 3.05) is 11.9 Å². The quantitative estimate of drug-likeness (QED) is 0.437. The van der Waals surface area contributed by atoms with Gasteiger partial charge >= 0.3 is 5.97 Å². The third kappa shape index (κ3) is 4.75. The summed E-state index contributed by atoms with van der Waals surface area (Å²) in [5.74, 6) is -1.51. The molecule has 1 aromatic carbocycles. The number of anilines is 1. The van der Waals surface area contributed by atoms with Crippen LogP contribution in [-0.2, 0) is 0 Å². The minimum atomic E-state index is -1.22. The number of carboxylic acid groups (broad SMARTS) is 1. The highest BCUT2D eigenvalue weighted by Crippen LogP contribution is 2.34. The monoisotopic (exact) mass is 582 g/mol. The highest BCUT2D eigenvalue weighted by atomic mass is 79.9. The van der Waals surface area contributed by atoms with Crippen LogP contribution in [0.3, 0.4) is 0 Å². The Kier molecular flexibility index (Phi) is 7.69. The van der Waals surface area contributed by atoms with Gasteiger partial charge in [-0.05, 0) is 40.2 Å². The number of halogens is 5. The molecule has 0 radical (unpaired) electrons. The number of benzene rings is 1. The maximum Gasteiger partial charge on any atom is 0.337 e. The first kappa shape index (κ1) is 23.6. The van der Waals surface area contributed by atoms with E-state index in [2.05, 4.69) is 41.9 Å². The molecule has 7 nitrogen and oxygen atoms in total. The SMILES string of the molecule is CN(C(=O)c1cc(Br)nn1-c1ncccc1Cl)c1c(Cl)cc(Br)cc1C(=O)O.Cl. The van der Waals surface area contributed by atoms with Gasteiger partial charge in [-0.2, -0.15) is 5.10 Å². The topological polar surface area (TPSA) is 88.3 Å². The maximum absolute atomic E-state index is 13.2. The molecule has 3 rings (SSSR count). The number of nitrogens with zero attached hydrogens (tertiary/aromatic N) is 4. The Morgan fingerprint density at radius 2 is 1.86 bits per heavy atom. The second-order valence-corrected chi connectivity index (χ2v) is 8.07. The number of hydrogen-bond donors (Lipinski definition) is 1. The molecule has 1 amide bonds. The molecule has 3 aromatic rings. The fourth-order valence-corrected chi connectivity index (χ4v) is 4.06. The van der Waals surface area contributed by atoms with Crippen molar-refractivity contribution in [1.29, 1.82) is 0 Å². The summed E-state index contributed by atoms with van der Waals surface area (Å²) in [6.07, 6.45) is 1.52. The van der Waals surface area contributed by atoms with E-state index in [0.29, 0.717) is 14.1 Å². The van der Waals surface area contributed by atoms with Gasteiger partial charge < -0.3 is 10.0 Å². The van der Waals surface area contributed by atoms with Crippen molar-refractivity contribution >= 4 is 85.0 Å². The third-order valence-corrected chi connectivity index (χ3v) is 5.17. The van der Waals surface area contributed by atoms with Crippen molar-refractivity contribution in [2.24, 2.45) is 0 Å². The molecule has 0 saturated heterocycles. The van der Waals surface area contributed by atoms with Crippen LogP contribution in [0.1, 0.15) is 20.8 Å². The van der Waals surface area contributed by atoms with Gasteiger partial charge in [-0.15, -0.1) is 12.4 Å². The van der Waals surface area contributed by atoms with E-state index in [-0.39, 0.29) is 40.2 Å². The molecule has 0 unspecified atom stereocenters. The van der Waals surface area contributed by atoms with Gasteiger partial charge in [0, 0.05) is 23.8 Å². The van der Waals surface area contributed by atoms with Gasteiger partial charge in [-0.25, -0.2) is 14.5 Å². The van der Waals surface area contributed by atoms with Crippen LogP contribution >= 0.6 is 67.5 Å². The molecule has 0 saturated carbocycles. The van der Waals surface area contributed by atoms with Crippen molar-refractivity contribution in [1.82, 2.24) is 14.8 Å². The summed E-state index contributed by atoms with van der Waals surface area (Å²) < 4.78 is 2.14. The number of hydrogen-bond acceptors (Lipinski definition) is 4. The lowest BCUT2D eigenvalue weighted by Crippen LogP contribution is -2.30. The lowest BCUT2D eigenvalue weighted by Gasteiger charge is -2.21. The zero-order chi connectivity index (χ0) is 20.6. The molecule has 29 heavy (non-hydrogen) atoms. The predicted octanol–water partition coefficient (Wildman–Crippen LogP) is 5.50. The first-order valence-electron chi connectivity index (χ1n) is 7.57. The first-order chi connectivity index (χ1) is 13.2. The van der Waals surface area contributed by atoms with Crippen LogP contribution in [0.2, 0.25) is 10.0 Å². The molecule has 12 heteroatoms. The number of aromatic nitrogens is 3. The Bertz CT molecular complexity index is 1110. The number of amides is 1. The number of carboxylic acids is 1. The van der Waals surface area contributed by atoms with Crippen LogP contribution in [0.5, 0.6) is 0 Å². The largest absolute Gasteiger partial charge is 0.478 e. The normalized spacial score (nSPS) is 10.4. The third-order valence-electron chi connectivity index (χ3n) is 3.74. The van der Waals surface area contributed by atoms with Gasteiger partial charge in [0.2, 0.25) is 0 Å². The fourth-order valence-electron chi connectivity index (χ4n) is 2.54. The second kappa shape index (κ2) is 9.44. The smallest absolute Gasteiger partial charge is 0.337 e. The van der Waals surface area contributed by atoms with Gasteiger partial charge in [0.05, 0.1) is 21.3 Å². The Hall–Kier alpha value is -1.65.